The number of benzene rings is 2. The van der Waals surface area contributed by atoms with Crippen LogP contribution in [0, 0.1) is 5.82 Å². The first kappa shape index (κ1) is 15.3. The van der Waals surface area contributed by atoms with Gasteiger partial charge in [0.05, 0.1) is 18.4 Å². The smallest absolute Gasteiger partial charge is 0.343 e. The molecule has 0 saturated carbocycles. The fourth-order valence-electron chi connectivity index (χ4n) is 2.45. The molecule has 0 bridgehead atoms. The van der Waals surface area contributed by atoms with Gasteiger partial charge in [0.1, 0.15) is 5.75 Å². The summed E-state index contributed by atoms with van der Waals surface area (Å²) in [5, 5.41) is 0. The minimum Gasteiger partial charge on any atom is -0.454 e. The van der Waals surface area contributed by atoms with Gasteiger partial charge in [-0.3, -0.25) is 0 Å². The van der Waals surface area contributed by atoms with Crippen molar-refractivity contribution in [1.82, 2.24) is 0 Å². The molecule has 0 saturated heterocycles. The number of carbonyl (C=O) groups is 1. The first-order chi connectivity index (χ1) is 11.1. The summed E-state index contributed by atoms with van der Waals surface area (Å²) in [6, 6.07) is 9.40. The monoisotopic (exact) mass is 312 g/mol. The molecule has 0 aliphatic carbocycles. The van der Waals surface area contributed by atoms with Crippen molar-refractivity contribution in [2.24, 2.45) is 0 Å². The Morgan fingerprint density at radius 2 is 2.17 bits per heavy atom. The second-order valence-corrected chi connectivity index (χ2v) is 5.13. The van der Waals surface area contributed by atoms with E-state index in [4.69, 9.17) is 9.39 Å². The zero-order valence-electron chi connectivity index (χ0n) is 12.5. The molecule has 2 aromatic rings. The Bertz CT molecular complexity index is 775. The molecule has 0 fully saturated rings. The number of hydrogen-bond acceptors (Lipinski definition) is 4. The maximum Gasteiger partial charge on any atom is 0.343 e. The lowest BCUT2D eigenvalue weighted by atomic mass is 9.64. The van der Waals surface area contributed by atoms with E-state index >= 15 is 0 Å². The molecule has 1 aliphatic heterocycles. The number of ether oxygens (including phenoxy) is 2. The van der Waals surface area contributed by atoms with Gasteiger partial charge < -0.3 is 14.1 Å². The van der Waals surface area contributed by atoms with Gasteiger partial charge in [0, 0.05) is 0 Å². The second kappa shape index (κ2) is 6.26. The van der Waals surface area contributed by atoms with Crippen LogP contribution in [-0.4, -0.2) is 12.9 Å². The maximum absolute atomic E-state index is 14.1. The van der Waals surface area contributed by atoms with Crippen molar-refractivity contribution in [2.75, 3.05) is 0 Å². The van der Waals surface area contributed by atoms with Gasteiger partial charge in [-0.1, -0.05) is 19.5 Å². The van der Waals surface area contributed by atoms with Gasteiger partial charge in [0.15, 0.2) is 11.6 Å². The van der Waals surface area contributed by atoms with E-state index in [1.807, 2.05) is 19.0 Å². The first-order valence-corrected chi connectivity index (χ1v) is 7.12. The molecule has 0 amide bonds. The number of fused-ring (bicyclic) bond motifs is 1. The minimum atomic E-state index is -0.672. The van der Waals surface area contributed by atoms with Gasteiger partial charge in [-0.2, -0.15) is 0 Å². The van der Waals surface area contributed by atoms with E-state index in [9.17, 15) is 9.18 Å². The second-order valence-electron chi connectivity index (χ2n) is 5.13. The predicted octanol–water partition coefficient (Wildman–Crippen LogP) is 3.28. The van der Waals surface area contributed by atoms with Crippen molar-refractivity contribution < 1.29 is 23.3 Å². The molecular weight excluding hydrogens is 298 g/mol. The fourth-order valence-corrected chi connectivity index (χ4v) is 2.45. The molecule has 116 valence electrons. The third kappa shape index (κ3) is 3.12. The van der Waals surface area contributed by atoms with Gasteiger partial charge in [0.25, 0.3) is 0 Å². The van der Waals surface area contributed by atoms with E-state index < -0.39 is 11.8 Å². The average Bonchev–Trinajstić information content (AvgIpc) is 2.90. The molecule has 0 radical (unpaired) electrons. The Labute approximate surface area is 133 Å². The SMILES string of the molecule is C=COC(=O)c1ccc(Oc2ccc3c(c2)COB3C)c(F)c1. The van der Waals surface area contributed by atoms with E-state index in [0.29, 0.717) is 12.4 Å². The minimum absolute atomic E-state index is 0.0343. The van der Waals surface area contributed by atoms with E-state index in [-0.39, 0.29) is 18.2 Å². The summed E-state index contributed by atoms with van der Waals surface area (Å²) in [7, 11) is 0. The van der Waals surface area contributed by atoms with Crippen molar-refractivity contribution in [1.29, 1.82) is 0 Å². The summed E-state index contributed by atoms with van der Waals surface area (Å²) in [5.74, 6) is -0.767. The van der Waals surface area contributed by atoms with Gasteiger partial charge in [-0.25, -0.2) is 9.18 Å². The summed E-state index contributed by atoms with van der Waals surface area (Å²) in [6.45, 7) is 5.84. The van der Waals surface area contributed by atoms with Crippen molar-refractivity contribution in [3.63, 3.8) is 0 Å². The highest BCUT2D eigenvalue weighted by molar-refractivity contribution is 6.67. The van der Waals surface area contributed by atoms with Crippen LogP contribution in [0.1, 0.15) is 15.9 Å². The van der Waals surface area contributed by atoms with Crippen LogP contribution in [0.2, 0.25) is 6.82 Å². The summed E-state index contributed by atoms with van der Waals surface area (Å²) in [6.07, 6.45) is 0.998. The van der Waals surface area contributed by atoms with Gasteiger partial charge in [-0.15, -0.1) is 0 Å². The Morgan fingerprint density at radius 3 is 2.91 bits per heavy atom. The van der Waals surface area contributed by atoms with E-state index in [1.54, 1.807) is 6.07 Å². The van der Waals surface area contributed by atoms with E-state index in [2.05, 4.69) is 11.3 Å². The third-order valence-corrected chi connectivity index (χ3v) is 3.63. The summed E-state index contributed by atoms with van der Waals surface area (Å²) < 4.78 is 29.8. The van der Waals surface area contributed by atoms with Gasteiger partial charge in [-0.05, 0) is 41.4 Å². The summed E-state index contributed by atoms with van der Waals surface area (Å²) >= 11 is 0. The lowest BCUT2D eigenvalue weighted by molar-refractivity contribution is 0.0663. The van der Waals surface area contributed by atoms with Crippen LogP contribution in [0.25, 0.3) is 0 Å². The summed E-state index contributed by atoms with van der Waals surface area (Å²) in [5.41, 5.74) is 2.23. The van der Waals surface area contributed by atoms with Crippen LogP contribution in [0.5, 0.6) is 11.5 Å². The van der Waals surface area contributed by atoms with Crippen LogP contribution in [0.4, 0.5) is 4.39 Å². The molecular formula is C17H14BFO4. The zero-order valence-corrected chi connectivity index (χ0v) is 12.5. The van der Waals surface area contributed by atoms with Crippen LogP contribution in [0.15, 0.2) is 49.2 Å². The van der Waals surface area contributed by atoms with Crippen molar-refractivity contribution in [3.8, 4) is 11.5 Å². The topological polar surface area (TPSA) is 44.8 Å². The van der Waals surface area contributed by atoms with Gasteiger partial charge in [0.2, 0.25) is 0 Å². The maximum atomic E-state index is 14.1. The number of halogens is 1. The Balaban J connectivity index is 1.81. The lowest BCUT2D eigenvalue weighted by Gasteiger charge is -2.09. The van der Waals surface area contributed by atoms with Gasteiger partial charge >= 0.3 is 12.9 Å². The standard InChI is InChI=1S/C17H14BFO4/c1-3-21-17(20)11-4-7-16(15(19)9-11)23-13-5-6-14-12(8-13)10-22-18(14)2/h3-9H,1,10H2,2H3. The largest absolute Gasteiger partial charge is 0.454 e. The van der Waals surface area contributed by atoms with Crippen molar-refractivity contribution >= 4 is 18.3 Å². The number of esters is 1. The highest BCUT2D eigenvalue weighted by Gasteiger charge is 2.23. The van der Waals surface area contributed by atoms with Crippen LogP contribution in [0.3, 0.4) is 0 Å². The summed E-state index contributed by atoms with van der Waals surface area (Å²) in [4.78, 5) is 11.5. The molecule has 1 heterocycles. The number of hydrogen-bond donors (Lipinski definition) is 0. The van der Waals surface area contributed by atoms with E-state index in [1.165, 1.54) is 12.1 Å². The molecule has 23 heavy (non-hydrogen) atoms. The lowest BCUT2D eigenvalue weighted by Crippen LogP contribution is -2.23. The third-order valence-electron chi connectivity index (χ3n) is 3.63. The van der Waals surface area contributed by atoms with Crippen LogP contribution < -0.4 is 10.2 Å². The van der Waals surface area contributed by atoms with E-state index in [0.717, 1.165) is 23.4 Å². The predicted molar refractivity (Wildman–Crippen MR) is 84.6 cm³/mol. The fraction of sp³-hybridized carbons (Fsp3) is 0.118. The Morgan fingerprint density at radius 1 is 1.35 bits per heavy atom. The highest BCUT2D eigenvalue weighted by Crippen LogP contribution is 2.27. The zero-order chi connectivity index (χ0) is 16.4. The Kier molecular flexibility index (Phi) is 4.17. The number of carbonyl (C=O) groups excluding carboxylic acids is 1. The normalized spacial score (nSPS) is 12.7. The average molecular weight is 312 g/mol. The molecule has 3 rings (SSSR count). The molecule has 0 aromatic heterocycles. The van der Waals surface area contributed by atoms with Crippen molar-refractivity contribution in [3.05, 3.63) is 66.2 Å². The molecule has 6 heteroatoms. The quantitative estimate of drug-likeness (QED) is 0.494. The molecule has 2 aromatic carbocycles. The molecule has 0 spiro atoms. The molecule has 4 nitrogen and oxygen atoms in total. The molecule has 0 unspecified atom stereocenters. The van der Waals surface area contributed by atoms with Crippen LogP contribution in [-0.2, 0) is 16.0 Å². The Hall–Kier alpha value is -2.60. The molecule has 0 atom stereocenters. The first-order valence-electron chi connectivity index (χ1n) is 7.12. The van der Waals surface area contributed by atoms with Crippen molar-refractivity contribution in [2.45, 2.75) is 13.4 Å². The molecule has 1 aliphatic rings. The number of rotatable bonds is 4. The molecule has 0 N–H and O–H groups in total. The van der Waals surface area contributed by atoms with Crippen LogP contribution >= 0.6 is 0 Å². The highest BCUT2D eigenvalue weighted by atomic mass is 19.1.